The molecular formula is C17H13F5O7S. The topological polar surface area (TPSA) is 102 Å². The van der Waals surface area contributed by atoms with Gasteiger partial charge in [0.05, 0.1) is 12.2 Å². The number of alkyl halides is 5. The molecule has 30 heavy (non-hydrogen) atoms. The zero-order chi connectivity index (χ0) is 22.3. The Morgan fingerprint density at radius 2 is 1.73 bits per heavy atom. The van der Waals surface area contributed by atoms with E-state index in [0.717, 1.165) is 12.1 Å². The van der Waals surface area contributed by atoms with E-state index in [1.165, 1.54) is 18.2 Å². The van der Waals surface area contributed by atoms with Crippen LogP contribution in [0, 0.1) is 0 Å². The first-order valence-corrected chi connectivity index (χ1v) is 9.64. The normalized spacial score (nSPS) is 18.1. The number of rotatable bonds is 7. The van der Waals surface area contributed by atoms with Crippen LogP contribution in [-0.2, 0) is 19.6 Å². The van der Waals surface area contributed by atoms with Crippen LogP contribution in [0.3, 0.4) is 0 Å². The molecule has 2 unspecified atom stereocenters. The molecule has 1 N–H and O–H groups in total. The van der Waals surface area contributed by atoms with Crippen LogP contribution >= 0.6 is 0 Å². The van der Waals surface area contributed by atoms with Crippen molar-refractivity contribution < 1.29 is 53.9 Å². The molecule has 1 aliphatic heterocycles. The van der Waals surface area contributed by atoms with Gasteiger partial charge in [-0.2, -0.15) is 30.4 Å². The Bertz CT molecular complexity index is 1060. The van der Waals surface area contributed by atoms with E-state index in [1.54, 1.807) is 6.07 Å². The Hall–Kier alpha value is -2.51. The van der Waals surface area contributed by atoms with E-state index in [0.29, 0.717) is 29.7 Å². The van der Waals surface area contributed by atoms with Crippen molar-refractivity contribution >= 4 is 26.9 Å². The quantitative estimate of drug-likeness (QED) is 0.296. The SMILES string of the molecule is O=C(OC(C(F)(F)F)C(F)(F)S(=O)(=O)O)c1ccc2cc(OCC3CO3)ccc2c1. The molecular weight excluding hydrogens is 443 g/mol. The maximum atomic E-state index is 13.5. The fraction of sp³-hybridized carbons (Fsp3) is 0.353. The Labute approximate surface area is 166 Å². The van der Waals surface area contributed by atoms with Gasteiger partial charge in [-0.1, -0.05) is 12.1 Å². The summed E-state index contributed by atoms with van der Waals surface area (Å²) in [4.78, 5) is 12.0. The number of benzene rings is 2. The van der Waals surface area contributed by atoms with Crippen molar-refractivity contribution in [3.05, 3.63) is 42.0 Å². The molecule has 1 saturated heterocycles. The molecule has 0 aromatic heterocycles. The summed E-state index contributed by atoms with van der Waals surface area (Å²) in [6, 6.07) is 7.98. The first kappa shape index (κ1) is 22.2. The molecule has 0 saturated carbocycles. The number of carbonyl (C=O) groups excluding carboxylic acids is 1. The third-order valence-corrected chi connectivity index (χ3v) is 4.96. The summed E-state index contributed by atoms with van der Waals surface area (Å²) < 4.78 is 110. The number of fused-ring (bicyclic) bond motifs is 1. The standard InChI is InChI=1S/C17H13F5O7S/c18-16(19,20)15(17(21,22)30(24,25)26)29-14(23)11-2-1-10-6-12(4-3-9(10)5-11)27-7-13-8-28-13/h1-6,13,15H,7-8H2,(H,24,25,26). The fourth-order valence-corrected chi connectivity index (χ4v) is 2.88. The lowest BCUT2D eigenvalue weighted by atomic mass is 10.1. The predicted octanol–water partition coefficient (Wildman–Crippen LogP) is 3.19. The van der Waals surface area contributed by atoms with E-state index >= 15 is 0 Å². The molecule has 13 heteroatoms. The maximum absolute atomic E-state index is 13.5. The largest absolute Gasteiger partial charge is 0.491 e. The number of halogens is 5. The average molecular weight is 456 g/mol. The Morgan fingerprint density at radius 1 is 1.13 bits per heavy atom. The van der Waals surface area contributed by atoms with Gasteiger partial charge < -0.3 is 14.2 Å². The summed E-state index contributed by atoms with van der Waals surface area (Å²) >= 11 is 0. The molecule has 3 rings (SSSR count). The maximum Gasteiger partial charge on any atom is 0.432 e. The molecule has 2 aromatic rings. The van der Waals surface area contributed by atoms with Gasteiger partial charge in [-0.15, -0.1) is 0 Å². The molecule has 0 aliphatic carbocycles. The molecule has 0 bridgehead atoms. The number of hydrogen-bond acceptors (Lipinski definition) is 6. The van der Waals surface area contributed by atoms with E-state index in [9.17, 15) is 35.2 Å². The summed E-state index contributed by atoms with van der Waals surface area (Å²) in [5, 5.41) is -4.92. The third-order valence-electron chi connectivity index (χ3n) is 4.06. The van der Waals surface area contributed by atoms with Crippen LogP contribution < -0.4 is 4.74 Å². The van der Waals surface area contributed by atoms with E-state index < -0.39 is 39.2 Å². The fourth-order valence-electron chi connectivity index (χ4n) is 2.43. The molecule has 0 spiro atoms. The molecule has 7 nitrogen and oxygen atoms in total. The number of epoxide rings is 1. The zero-order valence-electron chi connectivity index (χ0n) is 14.7. The van der Waals surface area contributed by atoms with Gasteiger partial charge in [-0.25, -0.2) is 4.79 Å². The molecule has 1 heterocycles. The summed E-state index contributed by atoms with van der Waals surface area (Å²) in [7, 11) is -6.51. The molecule has 164 valence electrons. The van der Waals surface area contributed by atoms with Crippen molar-refractivity contribution in [2.24, 2.45) is 0 Å². The van der Waals surface area contributed by atoms with Gasteiger partial charge >= 0.3 is 27.5 Å². The number of hydrogen-bond donors (Lipinski definition) is 1. The van der Waals surface area contributed by atoms with Crippen molar-refractivity contribution in [2.45, 2.75) is 23.6 Å². The van der Waals surface area contributed by atoms with Crippen molar-refractivity contribution in [3.63, 3.8) is 0 Å². The van der Waals surface area contributed by atoms with Crippen LogP contribution in [0.2, 0.25) is 0 Å². The molecule has 1 aliphatic rings. The first-order chi connectivity index (χ1) is 13.8. The molecule has 0 amide bonds. The highest BCUT2D eigenvalue weighted by atomic mass is 32.2. The van der Waals surface area contributed by atoms with E-state index in [2.05, 4.69) is 4.74 Å². The second-order valence-electron chi connectivity index (χ2n) is 6.35. The van der Waals surface area contributed by atoms with Gasteiger partial charge in [0.15, 0.2) is 0 Å². The Kier molecular flexibility index (Phi) is 5.64. The number of carbonyl (C=O) groups is 1. The monoisotopic (exact) mass is 456 g/mol. The van der Waals surface area contributed by atoms with Crippen LogP contribution in [-0.4, -0.2) is 55.8 Å². The number of ether oxygens (including phenoxy) is 3. The number of esters is 1. The van der Waals surface area contributed by atoms with Gasteiger partial charge in [-0.3, -0.25) is 4.55 Å². The third kappa shape index (κ3) is 4.79. The van der Waals surface area contributed by atoms with E-state index in [1.807, 2.05) is 0 Å². The van der Waals surface area contributed by atoms with Crippen LogP contribution in [0.25, 0.3) is 10.8 Å². The lowest BCUT2D eigenvalue weighted by Gasteiger charge is -2.26. The summed E-state index contributed by atoms with van der Waals surface area (Å²) in [5.41, 5.74) is -0.539. The van der Waals surface area contributed by atoms with Gasteiger partial charge in [0.25, 0.3) is 6.10 Å². The Morgan fingerprint density at radius 3 is 2.30 bits per heavy atom. The predicted molar refractivity (Wildman–Crippen MR) is 90.9 cm³/mol. The van der Waals surface area contributed by atoms with Gasteiger partial charge in [0.2, 0.25) is 0 Å². The highest BCUT2D eigenvalue weighted by Gasteiger charge is 2.66. The van der Waals surface area contributed by atoms with Gasteiger partial charge in [0.1, 0.15) is 18.5 Å². The van der Waals surface area contributed by atoms with E-state index in [-0.39, 0.29) is 6.10 Å². The highest BCUT2D eigenvalue weighted by Crippen LogP contribution is 2.38. The lowest BCUT2D eigenvalue weighted by molar-refractivity contribution is -0.248. The second kappa shape index (κ2) is 7.63. The molecule has 2 aromatic carbocycles. The molecule has 1 fully saturated rings. The van der Waals surface area contributed by atoms with Crippen LogP contribution in [0.5, 0.6) is 5.75 Å². The summed E-state index contributed by atoms with van der Waals surface area (Å²) in [6.45, 7) is 0.922. The average Bonchev–Trinajstić information content (AvgIpc) is 3.46. The summed E-state index contributed by atoms with van der Waals surface area (Å²) in [5.74, 6) is -1.38. The van der Waals surface area contributed by atoms with Gasteiger partial charge in [0, 0.05) is 0 Å². The molecule has 0 radical (unpaired) electrons. The van der Waals surface area contributed by atoms with Crippen molar-refractivity contribution in [1.82, 2.24) is 0 Å². The zero-order valence-corrected chi connectivity index (χ0v) is 15.5. The Balaban J connectivity index is 1.82. The van der Waals surface area contributed by atoms with Crippen molar-refractivity contribution in [3.8, 4) is 5.75 Å². The van der Waals surface area contributed by atoms with Crippen LogP contribution in [0.4, 0.5) is 22.0 Å². The highest BCUT2D eigenvalue weighted by molar-refractivity contribution is 7.86. The minimum Gasteiger partial charge on any atom is -0.491 e. The minimum atomic E-state index is -6.51. The van der Waals surface area contributed by atoms with Crippen LogP contribution in [0.1, 0.15) is 10.4 Å². The lowest BCUT2D eigenvalue weighted by Crippen LogP contribution is -2.52. The molecule has 2 atom stereocenters. The van der Waals surface area contributed by atoms with Gasteiger partial charge in [-0.05, 0) is 35.0 Å². The minimum absolute atomic E-state index is 0.0142. The van der Waals surface area contributed by atoms with E-state index in [4.69, 9.17) is 14.0 Å². The van der Waals surface area contributed by atoms with Crippen LogP contribution in [0.15, 0.2) is 36.4 Å². The second-order valence-corrected chi connectivity index (χ2v) is 7.85. The summed E-state index contributed by atoms with van der Waals surface area (Å²) in [6.07, 6.45) is -10.4. The van der Waals surface area contributed by atoms with Crippen molar-refractivity contribution in [1.29, 1.82) is 0 Å². The smallest absolute Gasteiger partial charge is 0.432 e. The van der Waals surface area contributed by atoms with Crippen molar-refractivity contribution in [2.75, 3.05) is 13.2 Å². The first-order valence-electron chi connectivity index (χ1n) is 8.20.